The normalized spacial score (nSPS) is 10.6. The molecular weight excluding hydrogens is 899 g/mol. The molecule has 4 aromatic rings. The monoisotopic (exact) mass is 974 g/mol. The van der Waals surface area contributed by atoms with Gasteiger partial charge in [-0.2, -0.15) is 0 Å². The van der Waals surface area contributed by atoms with Gasteiger partial charge in [-0.05, 0) is 148 Å². The molecule has 376 valence electrons. The van der Waals surface area contributed by atoms with Gasteiger partial charge in [0.1, 0.15) is 5.75 Å². The van der Waals surface area contributed by atoms with E-state index in [1.54, 1.807) is 61.5 Å². The van der Waals surface area contributed by atoms with E-state index in [1.807, 2.05) is 58.0 Å². The number of aryl methyl sites for hydroxylation is 1. The molecule has 0 saturated heterocycles. The van der Waals surface area contributed by atoms with E-state index in [0.717, 1.165) is 40.0 Å². The molecule has 8 nitrogen and oxygen atoms in total. The number of carbonyl (C=O) groups excluding carboxylic acids is 3. The summed E-state index contributed by atoms with van der Waals surface area (Å²) in [5.41, 5.74) is 14.0. The summed E-state index contributed by atoms with van der Waals surface area (Å²) in [4.78, 5) is 37.6. The first kappa shape index (κ1) is 64.7. The SMILES string of the molecule is C=CC.C=CC(=C)/C(C=C)=C(\C)C=C(C)C.CC.CCC.CCOC(=O)CCNC(=O)c1ccc(CC(C(=O)Nc2ccc(-c3ccc(Cl)cc3C)cc2)c2ccc(OC(F)(F)F)cc2)cc1.CN. The number of hydrogen-bond acceptors (Lipinski definition) is 6. The second-order valence-corrected chi connectivity index (χ2v) is 15.2. The fraction of sp³-hybridized carbons (Fsp3) is 0.316. The van der Waals surface area contributed by atoms with E-state index >= 15 is 0 Å². The molecule has 0 fully saturated rings. The van der Waals surface area contributed by atoms with Gasteiger partial charge in [-0.1, -0.05) is 138 Å². The zero-order chi connectivity index (χ0) is 53.1. The van der Waals surface area contributed by atoms with Crippen molar-refractivity contribution in [3.8, 4) is 16.9 Å². The minimum Gasteiger partial charge on any atom is -0.466 e. The highest BCUT2D eigenvalue weighted by molar-refractivity contribution is 6.30. The Morgan fingerprint density at radius 3 is 1.86 bits per heavy atom. The van der Waals surface area contributed by atoms with Crippen molar-refractivity contribution in [1.82, 2.24) is 5.32 Å². The lowest BCUT2D eigenvalue weighted by Crippen LogP contribution is -2.26. The van der Waals surface area contributed by atoms with Crippen LogP contribution in [0.5, 0.6) is 5.75 Å². The van der Waals surface area contributed by atoms with Gasteiger partial charge < -0.3 is 25.8 Å². The zero-order valence-electron chi connectivity index (χ0n) is 42.5. The predicted octanol–water partition coefficient (Wildman–Crippen LogP) is 15.3. The maximum absolute atomic E-state index is 13.6. The van der Waals surface area contributed by atoms with Gasteiger partial charge in [0.05, 0.1) is 18.9 Å². The summed E-state index contributed by atoms with van der Waals surface area (Å²) < 4.78 is 47.0. The van der Waals surface area contributed by atoms with Crippen LogP contribution in [0.2, 0.25) is 5.02 Å². The maximum Gasteiger partial charge on any atom is 0.573 e. The average molecular weight is 975 g/mol. The molecule has 4 aromatic carbocycles. The van der Waals surface area contributed by atoms with Gasteiger partial charge in [-0.25, -0.2) is 0 Å². The zero-order valence-corrected chi connectivity index (χ0v) is 43.3. The van der Waals surface area contributed by atoms with Crippen LogP contribution in [0.15, 0.2) is 164 Å². The molecule has 0 aromatic heterocycles. The fourth-order valence-corrected chi connectivity index (χ4v) is 6.21. The first-order valence-corrected chi connectivity index (χ1v) is 23.2. The van der Waals surface area contributed by atoms with Gasteiger partial charge in [0, 0.05) is 22.8 Å². The molecule has 1 atom stereocenters. The third-order valence-electron chi connectivity index (χ3n) is 8.79. The Hall–Kier alpha value is -6.43. The molecule has 0 radical (unpaired) electrons. The summed E-state index contributed by atoms with van der Waals surface area (Å²) in [5, 5.41) is 6.21. The number of nitrogens with two attached hydrogens (primary N) is 1. The number of esters is 1. The van der Waals surface area contributed by atoms with Crippen molar-refractivity contribution in [3.63, 3.8) is 0 Å². The molecule has 0 heterocycles. The fourth-order valence-electron chi connectivity index (χ4n) is 5.98. The Labute approximate surface area is 415 Å². The van der Waals surface area contributed by atoms with Crippen molar-refractivity contribution in [2.24, 2.45) is 5.73 Å². The van der Waals surface area contributed by atoms with Crippen LogP contribution in [0.4, 0.5) is 18.9 Å². The number of nitrogens with one attached hydrogen (secondary N) is 2. The molecule has 4 rings (SSSR count). The number of amides is 2. The van der Waals surface area contributed by atoms with Crippen molar-refractivity contribution in [2.45, 2.75) is 101 Å². The molecule has 1 unspecified atom stereocenters. The van der Waals surface area contributed by atoms with Crippen molar-refractivity contribution in [1.29, 1.82) is 0 Å². The first-order chi connectivity index (χ1) is 32.8. The third-order valence-corrected chi connectivity index (χ3v) is 9.02. The molecular formula is C57H75ClF3N3O5. The molecule has 0 aliphatic rings. The molecule has 0 aliphatic heterocycles. The average Bonchev–Trinajstić information content (AvgIpc) is 3.30. The number of carbonyl (C=O) groups is 3. The second kappa shape index (κ2) is 36.6. The third kappa shape index (κ3) is 26.6. The van der Waals surface area contributed by atoms with Gasteiger partial charge in [0.25, 0.3) is 5.91 Å². The van der Waals surface area contributed by atoms with E-state index in [-0.39, 0.29) is 37.8 Å². The summed E-state index contributed by atoms with van der Waals surface area (Å²) >= 11 is 6.08. The number of rotatable bonds is 16. The lowest BCUT2D eigenvalue weighted by molar-refractivity contribution is -0.274. The van der Waals surface area contributed by atoms with Crippen molar-refractivity contribution in [2.75, 3.05) is 25.5 Å². The second-order valence-electron chi connectivity index (χ2n) is 14.8. The van der Waals surface area contributed by atoms with Crippen LogP contribution in [0.3, 0.4) is 0 Å². The molecule has 0 aliphatic carbocycles. The van der Waals surface area contributed by atoms with E-state index in [9.17, 15) is 27.6 Å². The Bertz CT molecular complexity index is 2240. The topological polar surface area (TPSA) is 120 Å². The first-order valence-electron chi connectivity index (χ1n) is 22.8. The van der Waals surface area contributed by atoms with Crippen LogP contribution >= 0.6 is 11.6 Å². The minimum absolute atomic E-state index is 0.0464. The van der Waals surface area contributed by atoms with Crippen molar-refractivity contribution in [3.05, 3.63) is 191 Å². The Kier molecular flexibility index (Phi) is 34.3. The Balaban J connectivity index is 0. The maximum atomic E-state index is 13.6. The van der Waals surface area contributed by atoms with E-state index < -0.39 is 24.0 Å². The van der Waals surface area contributed by atoms with Crippen molar-refractivity contribution < 1.29 is 37.0 Å². The highest BCUT2D eigenvalue weighted by Gasteiger charge is 2.31. The van der Waals surface area contributed by atoms with E-state index in [4.69, 9.17) is 16.3 Å². The van der Waals surface area contributed by atoms with Crippen LogP contribution in [-0.2, 0) is 20.7 Å². The largest absolute Gasteiger partial charge is 0.573 e. The summed E-state index contributed by atoms with van der Waals surface area (Å²) in [5.74, 6) is -2.35. The van der Waals surface area contributed by atoms with Crippen molar-refractivity contribution >= 4 is 35.1 Å². The highest BCUT2D eigenvalue weighted by atomic mass is 35.5. The summed E-state index contributed by atoms with van der Waals surface area (Å²) in [6, 6.07) is 24.7. The van der Waals surface area contributed by atoms with Crippen LogP contribution in [-0.4, -0.2) is 44.3 Å². The lowest BCUT2D eigenvalue weighted by atomic mass is 9.90. The van der Waals surface area contributed by atoms with Gasteiger partial charge in [-0.3, -0.25) is 14.4 Å². The summed E-state index contributed by atoms with van der Waals surface area (Å²) in [6.45, 7) is 35.1. The van der Waals surface area contributed by atoms with Crippen LogP contribution in [0.25, 0.3) is 11.1 Å². The van der Waals surface area contributed by atoms with Crippen LogP contribution in [0.1, 0.15) is 108 Å². The van der Waals surface area contributed by atoms with E-state index in [2.05, 4.69) is 88.1 Å². The van der Waals surface area contributed by atoms with E-state index in [0.29, 0.717) is 27.4 Å². The molecule has 0 saturated carbocycles. The van der Waals surface area contributed by atoms with Gasteiger partial charge in [0.2, 0.25) is 5.91 Å². The van der Waals surface area contributed by atoms with Crippen LogP contribution in [0, 0.1) is 6.92 Å². The molecule has 69 heavy (non-hydrogen) atoms. The number of ether oxygens (including phenoxy) is 2. The summed E-state index contributed by atoms with van der Waals surface area (Å²) in [6.07, 6.45) is 4.08. The Morgan fingerprint density at radius 1 is 0.841 bits per heavy atom. The van der Waals surface area contributed by atoms with Gasteiger partial charge in [0.15, 0.2) is 0 Å². The molecule has 12 heteroatoms. The quantitative estimate of drug-likeness (QED) is 0.0584. The highest BCUT2D eigenvalue weighted by Crippen LogP contribution is 2.30. The molecule has 2 amide bonds. The van der Waals surface area contributed by atoms with E-state index in [1.165, 1.54) is 36.7 Å². The number of benzene rings is 4. The van der Waals surface area contributed by atoms with Crippen LogP contribution < -0.4 is 21.1 Å². The minimum atomic E-state index is -4.85. The smallest absolute Gasteiger partial charge is 0.466 e. The standard InChI is InChI=1S/C35H32ClF3N2O5.C13H18.C3H8.C3H6.C2H6.CH5N/c1-3-45-32(42)18-19-40-33(43)26-6-4-23(5-7-26)21-31(25-10-15-29(16-11-25)46-35(37,38)39)34(44)41-28-13-8-24(9-14-28)30-17-12-27(36)20-22(30)2;1-7-11(5)13(8-2)12(6)9-10(3)4;2*1-3-2;2*1-2/h4-17,20,31H,3,18-19,21H2,1-2H3,(H,40,43)(H,41,44);7-9H,1-2,5H2,3-4,6H3;3H2,1-2H3;3H,1H2,2H3;1-2H3;2H2,1H3/b;13-12+;;;;. The molecule has 4 N–H and O–H groups in total. The molecule has 0 bridgehead atoms. The number of alkyl halides is 3. The van der Waals surface area contributed by atoms with Gasteiger partial charge >= 0.3 is 12.3 Å². The number of anilines is 1. The molecule has 0 spiro atoms. The lowest BCUT2D eigenvalue weighted by Gasteiger charge is -2.19. The predicted molar refractivity (Wildman–Crippen MR) is 285 cm³/mol. The number of hydrogen-bond donors (Lipinski definition) is 3. The number of halogens is 4. The Morgan fingerprint density at radius 2 is 1.39 bits per heavy atom. The van der Waals surface area contributed by atoms with Gasteiger partial charge in [-0.15, -0.1) is 19.8 Å². The number of allylic oxidation sites excluding steroid dienone is 8. The summed E-state index contributed by atoms with van der Waals surface area (Å²) in [7, 11) is 1.50.